The van der Waals surface area contributed by atoms with E-state index in [2.05, 4.69) is 10.6 Å². The van der Waals surface area contributed by atoms with Crippen molar-refractivity contribution >= 4 is 50.9 Å². The Morgan fingerprint density at radius 2 is 1.66 bits per heavy atom. The number of benzene rings is 2. The van der Waals surface area contributed by atoms with Crippen molar-refractivity contribution in [1.29, 1.82) is 0 Å². The second-order valence-corrected chi connectivity index (χ2v) is 13.1. The molecule has 3 aromatic rings. The molecule has 1 aliphatic heterocycles. The largest absolute Gasteiger partial charge is 0.480 e. The van der Waals surface area contributed by atoms with E-state index >= 15 is 0 Å². The number of carboxylic acid groups (broad SMARTS) is 3. The summed E-state index contributed by atoms with van der Waals surface area (Å²) >= 11 is 0.995. The number of hydrogen-bond donors (Lipinski definition) is 5. The van der Waals surface area contributed by atoms with Gasteiger partial charge < -0.3 is 30.7 Å². The Labute approximate surface area is 257 Å². The Morgan fingerprint density at radius 3 is 2.30 bits per heavy atom. The molecule has 234 valence electrons. The summed E-state index contributed by atoms with van der Waals surface area (Å²) in [5.74, 6) is -4.65. The molecule has 1 fully saturated rings. The van der Waals surface area contributed by atoms with Crippen molar-refractivity contribution in [2.75, 3.05) is 37.3 Å². The van der Waals surface area contributed by atoms with Gasteiger partial charge in [0.2, 0.25) is 10.0 Å². The second kappa shape index (κ2) is 13.9. The van der Waals surface area contributed by atoms with Crippen LogP contribution in [0.15, 0.2) is 48.5 Å². The van der Waals surface area contributed by atoms with Gasteiger partial charge in [0.15, 0.2) is 11.5 Å². The highest BCUT2D eigenvalue weighted by molar-refractivity contribution is 7.89. The van der Waals surface area contributed by atoms with Crippen LogP contribution in [0.3, 0.4) is 0 Å². The number of sulfonamides is 1. The lowest BCUT2D eigenvalue weighted by molar-refractivity contribution is -0.139. The lowest BCUT2D eigenvalue weighted by Crippen LogP contribution is -2.44. The SMILES string of the molecule is Cc1c(-c2cccc(NC3CCN(S(=O)(=O)CCNC(=O)c4ccccc4C(=O)O)CC3)c2)sc(C(=O)O)c1OCC(=O)O. The number of aromatic carboxylic acids is 2. The second-order valence-electron chi connectivity index (χ2n) is 10.0. The van der Waals surface area contributed by atoms with Gasteiger partial charge in [-0.2, -0.15) is 0 Å². The van der Waals surface area contributed by atoms with E-state index in [1.165, 1.54) is 28.6 Å². The number of amides is 1. The van der Waals surface area contributed by atoms with Gasteiger partial charge in [-0.1, -0.05) is 24.3 Å². The third-order valence-corrected chi connectivity index (χ3v) is 10.2. The number of rotatable bonds is 13. The summed E-state index contributed by atoms with van der Waals surface area (Å²) in [5, 5.41) is 33.7. The number of ether oxygens (including phenoxy) is 1. The first-order valence-corrected chi connectivity index (χ1v) is 16.0. The minimum atomic E-state index is -3.67. The van der Waals surface area contributed by atoms with Crippen LogP contribution in [0.2, 0.25) is 0 Å². The van der Waals surface area contributed by atoms with Crippen LogP contribution >= 0.6 is 11.3 Å². The number of aliphatic carboxylic acids is 1. The molecule has 0 atom stereocenters. The van der Waals surface area contributed by atoms with Crippen LogP contribution in [0.5, 0.6) is 5.75 Å². The van der Waals surface area contributed by atoms with Gasteiger partial charge in [0, 0.05) is 41.8 Å². The van der Waals surface area contributed by atoms with E-state index in [9.17, 15) is 37.8 Å². The van der Waals surface area contributed by atoms with Gasteiger partial charge in [-0.05, 0) is 49.6 Å². The summed E-state index contributed by atoms with van der Waals surface area (Å²) < 4.78 is 32.5. The summed E-state index contributed by atoms with van der Waals surface area (Å²) in [5.41, 5.74) is 1.78. The quantitative estimate of drug-likeness (QED) is 0.183. The highest BCUT2D eigenvalue weighted by atomic mass is 32.2. The Hall–Kier alpha value is -4.47. The molecule has 44 heavy (non-hydrogen) atoms. The number of carboxylic acids is 3. The van der Waals surface area contributed by atoms with E-state index < -0.39 is 40.4 Å². The zero-order valence-electron chi connectivity index (χ0n) is 23.6. The molecule has 0 bridgehead atoms. The van der Waals surface area contributed by atoms with Crippen LogP contribution in [-0.2, 0) is 14.8 Å². The number of hydrogen-bond acceptors (Lipinski definition) is 9. The third kappa shape index (κ3) is 7.72. The monoisotopic (exact) mass is 645 g/mol. The van der Waals surface area contributed by atoms with E-state index in [0.29, 0.717) is 23.3 Å². The normalized spacial score (nSPS) is 14.1. The summed E-state index contributed by atoms with van der Waals surface area (Å²) in [6.07, 6.45) is 1.05. The number of nitrogens with zero attached hydrogens (tertiary/aromatic N) is 1. The predicted molar refractivity (Wildman–Crippen MR) is 162 cm³/mol. The minimum Gasteiger partial charge on any atom is -0.480 e. The highest BCUT2D eigenvalue weighted by Gasteiger charge is 2.28. The molecule has 15 heteroatoms. The fraction of sp³-hybridized carbons (Fsp3) is 0.310. The van der Waals surface area contributed by atoms with Gasteiger partial charge in [0.05, 0.1) is 16.9 Å². The lowest BCUT2D eigenvalue weighted by atomic mass is 10.0. The maximum atomic E-state index is 12.9. The average molecular weight is 646 g/mol. The number of anilines is 1. The van der Waals surface area contributed by atoms with Crippen molar-refractivity contribution < 1.29 is 47.7 Å². The van der Waals surface area contributed by atoms with Gasteiger partial charge in [-0.25, -0.2) is 27.1 Å². The molecule has 2 heterocycles. The highest BCUT2D eigenvalue weighted by Crippen LogP contribution is 2.42. The fourth-order valence-corrected chi connectivity index (χ4v) is 7.34. The molecule has 5 N–H and O–H groups in total. The number of thiophene rings is 1. The zero-order chi connectivity index (χ0) is 32.0. The molecule has 0 radical (unpaired) electrons. The van der Waals surface area contributed by atoms with Crippen LogP contribution < -0.4 is 15.4 Å². The first kappa shape index (κ1) is 32.4. The van der Waals surface area contributed by atoms with E-state index in [-0.39, 0.29) is 53.2 Å². The number of carbonyl (C=O) groups is 4. The Balaban J connectivity index is 1.33. The van der Waals surface area contributed by atoms with E-state index in [4.69, 9.17) is 9.84 Å². The smallest absolute Gasteiger partial charge is 0.349 e. The van der Waals surface area contributed by atoms with E-state index in [1.807, 2.05) is 18.2 Å². The molecule has 0 aliphatic carbocycles. The van der Waals surface area contributed by atoms with Crippen molar-refractivity contribution in [3.63, 3.8) is 0 Å². The zero-order valence-corrected chi connectivity index (χ0v) is 25.2. The van der Waals surface area contributed by atoms with Crippen molar-refractivity contribution in [2.45, 2.75) is 25.8 Å². The van der Waals surface area contributed by atoms with Crippen molar-refractivity contribution in [1.82, 2.24) is 9.62 Å². The number of piperidine rings is 1. The summed E-state index contributed by atoms with van der Waals surface area (Å²) in [4.78, 5) is 47.0. The van der Waals surface area contributed by atoms with Gasteiger partial charge in [-0.15, -0.1) is 11.3 Å². The Morgan fingerprint density at radius 1 is 0.977 bits per heavy atom. The van der Waals surface area contributed by atoms with Crippen molar-refractivity contribution in [3.8, 4) is 16.2 Å². The van der Waals surface area contributed by atoms with Gasteiger partial charge in [0.1, 0.15) is 5.75 Å². The molecular formula is C29H31N3O10S2. The maximum absolute atomic E-state index is 12.9. The van der Waals surface area contributed by atoms with E-state index in [0.717, 1.165) is 22.6 Å². The maximum Gasteiger partial charge on any atom is 0.349 e. The van der Waals surface area contributed by atoms with E-state index in [1.54, 1.807) is 13.0 Å². The predicted octanol–water partition coefficient (Wildman–Crippen LogP) is 3.22. The van der Waals surface area contributed by atoms with Crippen LogP contribution in [0.1, 0.15) is 48.8 Å². The molecule has 1 saturated heterocycles. The summed E-state index contributed by atoms with van der Waals surface area (Å²) in [6, 6.07) is 13.0. The van der Waals surface area contributed by atoms with Gasteiger partial charge in [-0.3, -0.25) is 4.79 Å². The van der Waals surface area contributed by atoms with Crippen molar-refractivity contribution in [2.24, 2.45) is 0 Å². The topological polar surface area (TPSA) is 200 Å². The Bertz CT molecular complexity index is 1680. The summed E-state index contributed by atoms with van der Waals surface area (Å²) in [7, 11) is -3.67. The lowest BCUT2D eigenvalue weighted by Gasteiger charge is -2.32. The molecule has 2 aromatic carbocycles. The van der Waals surface area contributed by atoms with Crippen LogP contribution in [0.25, 0.3) is 10.4 Å². The molecule has 0 saturated carbocycles. The first-order valence-electron chi connectivity index (χ1n) is 13.5. The number of carbonyl (C=O) groups excluding carboxylic acids is 1. The summed E-state index contributed by atoms with van der Waals surface area (Å²) in [6.45, 7) is 1.38. The number of nitrogens with one attached hydrogen (secondary N) is 2. The fourth-order valence-electron chi connectivity index (χ4n) is 4.87. The standard InChI is InChI=1S/C29H31N3O10S2/c1-17-24(42-16-23(33)34)26(29(38)39)43-25(17)18-5-4-6-20(15-18)31-19-9-12-32(13-10-19)44(40,41)14-11-30-27(35)21-7-2-3-8-22(21)28(36)37/h2-8,15,19,31H,9-14,16H2,1H3,(H,30,35)(H,33,34)(H,36,37)(H,38,39). The third-order valence-electron chi connectivity index (χ3n) is 7.02. The first-order chi connectivity index (χ1) is 20.9. The van der Waals surface area contributed by atoms with Crippen LogP contribution in [-0.4, -0.2) is 89.9 Å². The van der Waals surface area contributed by atoms with Crippen molar-refractivity contribution in [3.05, 3.63) is 70.1 Å². The minimum absolute atomic E-state index is 0.0245. The molecule has 0 unspecified atom stereocenters. The molecular weight excluding hydrogens is 614 g/mol. The van der Waals surface area contributed by atoms with Crippen LogP contribution in [0.4, 0.5) is 5.69 Å². The van der Waals surface area contributed by atoms with Gasteiger partial charge in [0.25, 0.3) is 5.91 Å². The molecule has 4 rings (SSSR count). The van der Waals surface area contributed by atoms with Crippen LogP contribution in [0, 0.1) is 6.92 Å². The molecule has 1 aliphatic rings. The molecule has 0 spiro atoms. The molecule has 1 aromatic heterocycles. The average Bonchev–Trinajstić information content (AvgIpc) is 3.32. The molecule has 13 nitrogen and oxygen atoms in total. The molecule has 1 amide bonds. The van der Waals surface area contributed by atoms with Gasteiger partial charge >= 0.3 is 17.9 Å². The Kier molecular flexibility index (Phi) is 10.2.